The Morgan fingerprint density at radius 3 is 0.800 bits per heavy atom. The molecule has 0 radical (unpaired) electrons. The van der Waals surface area contributed by atoms with Gasteiger partial charge in [0.05, 0.1) is 0 Å². The molecular weight excluding hydrogens is 240 g/mol. The Kier molecular flexibility index (Phi) is 10.4. The minimum Gasteiger partial charge on any atom is -0.0654 e. The number of benzene rings is 2. The van der Waals surface area contributed by atoms with Crippen LogP contribution in [-0.4, -0.2) is 0 Å². The van der Waals surface area contributed by atoms with E-state index in [1.165, 1.54) is 35.1 Å². The maximum Gasteiger partial charge on any atom is -0.0395 e. The molecule has 0 atom stereocenters. The van der Waals surface area contributed by atoms with E-state index in [0.717, 1.165) is 0 Å². The van der Waals surface area contributed by atoms with Crippen LogP contribution in [0.4, 0.5) is 0 Å². The molecule has 20 heavy (non-hydrogen) atoms. The average molecular weight is 270 g/mol. The van der Waals surface area contributed by atoms with Crippen molar-refractivity contribution in [3.05, 3.63) is 70.8 Å². The van der Waals surface area contributed by atoms with Crippen LogP contribution in [0.15, 0.2) is 48.5 Å². The van der Waals surface area contributed by atoms with Crippen LogP contribution in [0.3, 0.4) is 0 Å². The molecule has 0 nitrogen and oxygen atoms in total. The fourth-order valence-corrected chi connectivity index (χ4v) is 1.33. The van der Waals surface area contributed by atoms with E-state index in [0.29, 0.717) is 0 Å². The van der Waals surface area contributed by atoms with Crippen LogP contribution in [0, 0.1) is 27.7 Å². The molecule has 0 N–H and O–H groups in total. The maximum atomic E-state index is 2.18. The molecule has 2 aromatic rings. The summed E-state index contributed by atoms with van der Waals surface area (Å²) in [7, 11) is 0. The molecule has 0 heteroatoms. The number of hydrogen-bond acceptors (Lipinski definition) is 0. The van der Waals surface area contributed by atoms with E-state index in [-0.39, 0.29) is 0 Å². The lowest BCUT2D eigenvalue weighted by atomic mass is 10.1. The smallest absolute Gasteiger partial charge is 0.0395 e. The molecule has 0 aliphatic carbocycles. The van der Waals surface area contributed by atoms with Crippen molar-refractivity contribution in [2.24, 2.45) is 0 Å². The standard InChI is InChI=1S/2C8H10.C4H10/c2*1-7-5-3-4-6-8(7)2;1-3-4-2/h2*3-6H,1-2H3;3-4H2,1-2H3. The van der Waals surface area contributed by atoms with Crippen molar-refractivity contribution in [3.8, 4) is 0 Å². The van der Waals surface area contributed by atoms with Gasteiger partial charge in [0.1, 0.15) is 0 Å². The van der Waals surface area contributed by atoms with Crippen molar-refractivity contribution in [1.82, 2.24) is 0 Å². The molecule has 110 valence electrons. The summed E-state index contributed by atoms with van der Waals surface area (Å²) in [6, 6.07) is 16.7. The number of hydrogen-bond donors (Lipinski definition) is 0. The van der Waals surface area contributed by atoms with Crippen LogP contribution in [0.25, 0.3) is 0 Å². The molecule has 0 heterocycles. The highest BCUT2D eigenvalue weighted by Crippen LogP contribution is 2.03. The molecule has 0 saturated carbocycles. The van der Waals surface area contributed by atoms with Crippen LogP contribution in [0.2, 0.25) is 0 Å². The van der Waals surface area contributed by atoms with Gasteiger partial charge in [-0.1, -0.05) is 75.2 Å². The quantitative estimate of drug-likeness (QED) is 0.561. The summed E-state index contributed by atoms with van der Waals surface area (Å²) in [5, 5.41) is 0. The normalized spacial score (nSPS) is 8.90. The third kappa shape index (κ3) is 8.53. The van der Waals surface area contributed by atoms with Crippen molar-refractivity contribution < 1.29 is 0 Å². The van der Waals surface area contributed by atoms with Gasteiger partial charge in [-0.2, -0.15) is 0 Å². The Bertz CT molecular complexity index is 381. The molecule has 0 aromatic heterocycles. The van der Waals surface area contributed by atoms with Crippen molar-refractivity contribution in [3.63, 3.8) is 0 Å². The van der Waals surface area contributed by atoms with Crippen molar-refractivity contribution >= 4 is 0 Å². The van der Waals surface area contributed by atoms with E-state index >= 15 is 0 Å². The van der Waals surface area contributed by atoms with Gasteiger partial charge in [0.2, 0.25) is 0 Å². The van der Waals surface area contributed by atoms with Crippen LogP contribution in [0.1, 0.15) is 48.9 Å². The summed E-state index contributed by atoms with van der Waals surface area (Å²) in [6.07, 6.45) is 2.64. The second-order valence-corrected chi connectivity index (χ2v) is 5.17. The molecule has 0 fully saturated rings. The summed E-state index contributed by atoms with van der Waals surface area (Å²) in [5.74, 6) is 0. The molecule has 0 saturated heterocycles. The fraction of sp³-hybridized carbons (Fsp3) is 0.400. The summed E-state index contributed by atoms with van der Waals surface area (Å²) in [5.41, 5.74) is 5.47. The van der Waals surface area contributed by atoms with Crippen molar-refractivity contribution in [1.29, 1.82) is 0 Å². The SMILES string of the molecule is CCCC.Cc1ccccc1C.Cc1ccccc1C. The monoisotopic (exact) mass is 270 g/mol. The third-order valence-electron chi connectivity index (χ3n) is 3.35. The van der Waals surface area contributed by atoms with E-state index < -0.39 is 0 Å². The predicted octanol–water partition coefficient (Wildman–Crippen LogP) is 6.41. The summed E-state index contributed by atoms with van der Waals surface area (Å²) >= 11 is 0. The lowest BCUT2D eigenvalue weighted by Gasteiger charge is -1.93. The molecule has 0 aliphatic rings. The molecule has 0 amide bonds. The van der Waals surface area contributed by atoms with E-state index in [9.17, 15) is 0 Å². The van der Waals surface area contributed by atoms with Crippen molar-refractivity contribution in [2.75, 3.05) is 0 Å². The van der Waals surface area contributed by atoms with Gasteiger partial charge in [0.25, 0.3) is 0 Å². The molecule has 0 unspecified atom stereocenters. The zero-order valence-electron chi connectivity index (χ0n) is 14.0. The van der Waals surface area contributed by atoms with Crippen LogP contribution in [0.5, 0.6) is 0 Å². The minimum atomic E-state index is 1.32. The second-order valence-electron chi connectivity index (χ2n) is 5.17. The van der Waals surface area contributed by atoms with Gasteiger partial charge in [0.15, 0.2) is 0 Å². The molecular formula is C20H30. The van der Waals surface area contributed by atoms with E-state index in [2.05, 4.69) is 90.1 Å². The van der Waals surface area contributed by atoms with Gasteiger partial charge in [-0.05, 0) is 49.9 Å². The molecule has 0 bridgehead atoms. The summed E-state index contributed by atoms with van der Waals surface area (Å²) < 4.78 is 0. The van der Waals surface area contributed by atoms with E-state index in [1.54, 1.807) is 0 Å². The zero-order valence-corrected chi connectivity index (χ0v) is 14.0. The Labute approximate surface area is 125 Å². The molecule has 0 spiro atoms. The highest BCUT2D eigenvalue weighted by Gasteiger charge is 1.84. The highest BCUT2D eigenvalue weighted by molar-refractivity contribution is 5.23. The lowest BCUT2D eigenvalue weighted by Crippen LogP contribution is -1.74. The fourth-order valence-electron chi connectivity index (χ4n) is 1.33. The van der Waals surface area contributed by atoms with Crippen LogP contribution >= 0.6 is 0 Å². The first-order valence-corrected chi connectivity index (χ1v) is 7.57. The summed E-state index contributed by atoms with van der Waals surface area (Å²) in [4.78, 5) is 0. The Balaban J connectivity index is 0.000000289. The first-order valence-electron chi connectivity index (χ1n) is 7.57. The van der Waals surface area contributed by atoms with Gasteiger partial charge < -0.3 is 0 Å². The lowest BCUT2D eigenvalue weighted by molar-refractivity contribution is 0.886. The third-order valence-corrected chi connectivity index (χ3v) is 3.35. The van der Waals surface area contributed by atoms with Crippen LogP contribution in [-0.2, 0) is 0 Å². The molecule has 0 aliphatic heterocycles. The van der Waals surface area contributed by atoms with Gasteiger partial charge in [-0.3, -0.25) is 0 Å². The van der Waals surface area contributed by atoms with Gasteiger partial charge in [-0.15, -0.1) is 0 Å². The average Bonchev–Trinajstić information content (AvgIpc) is 2.46. The van der Waals surface area contributed by atoms with Gasteiger partial charge in [0, 0.05) is 0 Å². The van der Waals surface area contributed by atoms with E-state index in [4.69, 9.17) is 0 Å². The van der Waals surface area contributed by atoms with E-state index in [1.807, 2.05) is 0 Å². The second kappa shape index (κ2) is 11.3. The maximum absolute atomic E-state index is 2.18. The Morgan fingerprint density at radius 2 is 0.700 bits per heavy atom. The van der Waals surface area contributed by atoms with Gasteiger partial charge >= 0.3 is 0 Å². The zero-order chi connectivity index (χ0) is 15.4. The first kappa shape index (κ1) is 18.4. The Morgan fingerprint density at radius 1 is 0.500 bits per heavy atom. The molecule has 2 aromatic carbocycles. The first-order chi connectivity index (χ1) is 9.52. The number of unbranched alkanes of at least 4 members (excludes halogenated alkanes) is 1. The molecule has 2 rings (SSSR count). The largest absolute Gasteiger partial charge is 0.0654 e. The van der Waals surface area contributed by atoms with Crippen molar-refractivity contribution in [2.45, 2.75) is 54.4 Å². The highest BCUT2D eigenvalue weighted by atomic mass is 13.9. The topological polar surface area (TPSA) is 0 Å². The Hall–Kier alpha value is -1.56. The summed E-state index contributed by atoms with van der Waals surface area (Å²) in [6.45, 7) is 12.8. The number of rotatable bonds is 1. The van der Waals surface area contributed by atoms with Gasteiger partial charge in [-0.25, -0.2) is 0 Å². The number of aryl methyl sites for hydroxylation is 4. The van der Waals surface area contributed by atoms with Crippen LogP contribution < -0.4 is 0 Å². The predicted molar refractivity (Wildman–Crippen MR) is 92.4 cm³/mol. The minimum absolute atomic E-state index is 1.32.